The molecule has 4 nitrogen and oxygen atoms in total. The molecule has 1 heterocycles. The molecule has 0 aliphatic rings. The van der Waals surface area contributed by atoms with Gasteiger partial charge in [-0.25, -0.2) is 17.8 Å². The fourth-order valence-electron chi connectivity index (χ4n) is 2.59. The van der Waals surface area contributed by atoms with E-state index in [9.17, 15) is 26.0 Å². The van der Waals surface area contributed by atoms with Crippen LogP contribution in [0.1, 0.15) is 11.1 Å². The van der Waals surface area contributed by atoms with Gasteiger partial charge >= 0.3 is 6.18 Å². The zero-order chi connectivity index (χ0) is 20.5. The number of halogens is 4. The molecule has 1 aromatic heterocycles. The highest BCUT2D eigenvalue weighted by molar-refractivity contribution is 7.92. The van der Waals surface area contributed by atoms with E-state index in [1.807, 2.05) is 0 Å². The highest BCUT2D eigenvalue weighted by Crippen LogP contribution is 2.33. The van der Waals surface area contributed by atoms with Crippen molar-refractivity contribution in [3.05, 3.63) is 77.7 Å². The van der Waals surface area contributed by atoms with Crippen LogP contribution in [0.15, 0.2) is 65.7 Å². The number of rotatable bonds is 4. The number of aromatic nitrogens is 1. The molecule has 146 valence electrons. The highest BCUT2D eigenvalue weighted by atomic mass is 32.2. The van der Waals surface area contributed by atoms with Crippen LogP contribution in [0.4, 0.5) is 23.4 Å². The predicted octanol–water partition coefficient (Wildman–Crippen LogP) is 5.02. The van der Waals surface area contributed by atoms with Crippen molar-refractivity contribution in [2.75, 3.05) is 4.72 Å². The van der Waals surface area contributed by atoms with Gasteiger partial charge in [0.2, 0.25) is 0 Å². The van der Waals surface area contributed by atoms with Crippen LogP contribution in [0.2, 0.25) is 0 Å². The van der Waals surface area contributed by atoms with Gasteiger partial charge in [-0.05, 0) is 48.9 Å². The number of sulfonamides is 1. The van der Waals surface area contributed by atoms with Crippen molar-refractivity contribution in [2.24, 2.45) is 0 Å². The summed E-state index contributed by atoms with van der Waals surface area (Å²) in [6.45, 7) is 1.64. The van der Waals surface area contributed by atoms with Gasteiger partial charge in [-0.3, -0.25) is 4.72 Å². The molecule has 0 amide bonds. The van der Waals surface area contributed by atoms with Crippen LogP contribution in [-0.4, -0.2) is 13.4 Å². The van der Waals surface area contributed by atoms with Gasteiger partial charge in [0, 0.05) is 17.3 Å². The number of nitrogens with zero attached hydrogens (tertiary/aromatic N) is 1. The van der Waals surface area contributed by atoms with Crippen LogP contribution in [-0.2, 0) is 16.2 Å². The van der Waals surface area contributed by atoms with Crippen LogP contribution >= 0.6 is 0 Å². The Balaban J connectivity index is 1.90. The lowest BCUT2D eigenvalue weighted by atomic mass is 10.0. The monoisotopic (exact) mass is 410 g/mol. The maximum atomic E-state index is 14.0. The number of nitrogens with one attached hydrogen (secondary N) is 1. The van der Waals surface area contributed by atoms with Crippen molar-refractivity contribution < 1.29 is 26.0 Å². The van der Waals surface area contributed by atoms with E-state index in [2.05, 4.69) is 9.71 Å². The minimum absolute atomic E-state index is 0.0422. The van der Waals surface area contributed by atoms with Crippen molar-refractivity contribution in [1.29, 1.82) is 0 Å². The molecular weight excluding hydrogens is 396 g/mol. The molecule has 0 aliphatic carbocycles. The van der Waals surface area contributed by atoms with Crippen LogP contribution in [0.5, 0.6) is 0 Å². The SMILES string of the molecule is Cc1ccccc1S(=O)(=O)Nc1ccc(-c2cc(C(F)(F)F)ccc2F)cn1. The summed E-state index contributed by atoms with van der Waals surface area (Å²) in [6.07, 6.45) is -3.51. The average molecular weight is 410 g/mol. The second kappa shape index (κ2) is 7.23. The predicted molar refractivity (Wildman–Crippen MR) is 96.6 cm³/mol. The second-order valence-corrected chi connectivity index (χ2v) is 7.65. The van der Waals surface area contributed by atoms with Gasteiger partial charge in [-0.2, -0.15) is 13.2 Å². The summed E-state index contributed by atoms with van der Waals surface area (Å²) >= 11 is 0. The number of pyridine rings is 1. The first-order valence-corrected chi connectivity index (χ1v) is 9.48. The molecule has 0 unspecified atom stereocenters. The smallest absolute Gasteiger partial charge is 0.263 e. The fraction of sp³-hybridized carbons (Fsp3) is 0.105. The Morgan fingerprint density at radius 3 is 2.32 bits per heavy atom. The molecule has 1 N–H and O–H groups in total. The Hall–Kier alpha value is -2.94. The lowest BCUT2D eigenvalue weighted by Crippen LogP contribution is -2.15. The van der Waals surface area contributed by atoms with Gasteiger partial charge in [-0.1, -0.05) is 18.2 Å². The molecule has 3 aromatic rings. The third-order valence-electron chi connectivity index (χ3n) is 3.99. The molecule has 28 heavy (non-hydrogen) atoms. The van der Waals surface area contributed by atoms with Gasteiger partial charge in [0.15, 0.2) is 0 Å². The first-order chi connectivity index (χ1) is 13.1. The van der Waals surface area contributed by atoms with E-state index in [1.165, 1.54) is 18.2 Å². The van der Waals surface area contributed by atoms with Gasteiger partial charge < -0.3 is 0 Å². The Kier molecular flexibility index (Phi) is 5.12. The van der Waals surface area contributed by atoms with E-state index >= 15 is 0 Å². The van der Waals surface area contributed by atoms with Crippen LogP contribution < -0.4 is 4.72 Å². The molecule has 2 aromatic carbocycles. The van der Waals surface area contributed by atoms with Gasteiger partial charge in [0.1, 0.15) is 11.6 Å². The standard InChI is InChI=1S/C19H14F4N2O2S/c1-12-4-2-3-5-17(12)28(26,27)25-18-9-6-13(11-24-18)15-10-14(19(21,22)23)7-8-16(15)20/h2-11H,1H3,(H,24,25). The Morgan fingerprint density at radius 2 is 1.71 bits per heavy atom. The second-order valence-electron chi connectivity index (χ2n) is 6.00. The first kappa shape index (κ1) is 19.8. The van der Waals surface area contributed by atoms with Crippen molar-refractivity contribution >= 4 is 15.8 Å². The lowest BCUT2D eigenvalue weighted by Gasteiger charge is -2.11. The molecule has 0 saturated heterocycles. The topological polar surface area (TPSA) is 59.1 Å². The molecule has 3 rings (SSSR count). The van der Waals surface area contributed by atoms with E-state index in [0.717, 1.165) is 12.3 Å². The summed E-state index contributed by atoms with van der Waals surface area (Å²) in [5.74, 6) is -0.887. The van der Waals surface area contributed by atoms with Crippen molar-refractivity contribution in [3.63, 3.8) is 0 Å². The van der Waals surface area contributed by atoms with Gasteiger partial charge in [0.25, 0.3) is 10.0 Å². The zero-order valence-electron chi connectivity index (χ0n) is 14.5. The summed E-state index contributed by atoms with van der Waals surface area (Å²) in [5, 5.41) is 0. The molecule has 0 atom stereocenters. The molecular formula is C19H14F4N2O2S. The molecule has 0 fully saturated rings. The minimum Gasteiger partial charge on any atom is -0.263 e. The van der Waals surface area contributed by atoms with E-state index in [0.29, 0.717) is 17.7 Å². The molecule has 0 aliphatic heterocycles. The molecule has 0 bridgehead atoms. The maximum absolute atomic E-state index is 14.0. The summed E-state index contributed by atoms with van der Waals surface area (Å²) in [4.78, 5) is 3.96. The summed E-state index contributed by atoms with van der Waals surface area (Å²) in [6, 6.07) is 11.0. The van der Waals surface area contributed by atoms with Crippen LogP contribution in [0.25, 0.3) is 11.1 Å². The van der Waals surface area contributed by atoms with Crippen LogP contribution in [0.3, 0.4) is 0 Å². The van der Waals surface area contributed by atoms with Crippen molar-refractivity contribution in [1.82, 2.24) is 4.98 Å². The van der Waals surface area contributed by atoms with Crippen LogP contribution in [0, 0.1) is 12.7 Å². The number of benzene rings is 2. The van der Waals surface area contributed by atoms with E-state index < -0.39 is 27.6 Å². The van der Waals surface area contributed by atoms with Gasteiger partial charge in [-0.15, -0.1) is 0 Å². The van der Waals surface area contributed by atoms with Crippen molar-refractivity contribution in [2.45, 2.75) is 18.0 Å². The zero-order valence-corrected chi connectivity index (χ0v) is 15.3. The summed E-state index contributed by atoms with van der Waals surface area (Å²) in [5.41, 5.74) is -0.649. The average Bonchev–Trinajstić information content (AvgIpc) is 2.62. The number of hydrogen-bond acceptors (Lipinski definition) is 3. The summed E-state index contributed by atoms with van der Waals surface area (Å²) in [7, 11) is -3.89. The number of aryl methyl sites for hydroxylation is 1. The Labute approximate surface area is 158 Å². The van der Waals surface area contributed by atoms with Gasteiger partial charge in [0.05, 0.1) is 10.5 Å². The largest absolute Gasteiger partial charge is 0.416 e. The molecule has 0 radical (unpaired) electrons. The summed E-state index contributed by atoms with van der Waals surface area (Å²) < 4.78 is 79.7. The molecule has 0 spiro atoms. The Bertz CT molecular complexity index is 1110. The van der Waals surface area contributed by atoms with E-state index in [4.69, 9.17) is 0 Å². The first-order valence-electron chi connectivity index (χ1n) is 7.99. The quantitative estimate of drug-likeness (QED) is 0.615. The molecule has 9 heteroatoms. The minimum atomic E-state index is -4.61. The molecule has 0 saturated carbocycles. The normalized spacial score (nSPS) is 12.0. The Morgan fingerprint density at radius 1 is 1.00 bits per heavy atom. The van der Waals surface area contributed by atoms with E-state index in [1.54, 1.807) is 25.1 Å². The number of anilines is 1. The fourth-order valence-corrected chi connectivity index (χ4v) is 3.84. The third-order valence-corrected chi connectivity index (χ3v) is 5.51. The van der Waals surface area contributed by atoms with Crippen molar-refractivity contribution in [3.8, 4) is 11.1 Å². The van der Waals surface area contributed by atoms with E-state index in [-0.39, 0.29) is 21.8 Å². The maximum Gasteiger partial charge on any atom is 0.416 e. The number of alkyl halides is 3. The third kappa shape index (κ3) is 4.14. The highest BCUT2D eigenvalue weighted by Gasteiger charge is 2.31. The lowest BCUT2D eigenvalue weighted by molar-refractivity contribution is -0.137. The number of hydrogen-bond donors (Lipinski definition) is 1.